The summed E-state index contributed by atoms with van der Waals surface area (Å²) in [5.74, 6) is 0.235. The molecule has 2 nitrogen and oxygen atoms in total. The Bertz CT molecular complexity index is 294. The Hall–Kier alpha value is -0.0900. The highest BCUT2D eigenvalue weighted by Gasteiger charge is 2.24. The molecule has 0 aliphatic carbocycles. The summed E-state index contributed by atoms with van der Waals surface area (Å²) in [7, 11) is 0. The largest absolute Gasteiger partial charge is 0.387 e. The maximum absolute atomic E-state index is 10.0. The van der Waals surface area contributed by atoms with Gasteiger partial charge in [0.1, 0.15) is 0 Å². The van der Waals surface area contributed by atoms with Gasteiger partial charge in [-0.1, -0.05) is 11.6 Å². The highest BCUT2D eigenvalue weighted by atomic mass is 35.5. The van der Waals surface area contributed by atoms with Crippen molar-refractivity contribution in [3.8, 4) is 0 Å². The summed E-state index contributed by atoms with van der Waals surface area (Å²) >= 11 is 7.27. The van der Waals surface area contributed by atoms with Crippen LogP contribution < -0.4 is 0 Å². The van der Waals surface area contributed by atoms with E-state index in [1.54, 1.807) is 0 Å². The third-order valence-electron chi connectivity index (χ3n) is 2.53. The second-order valence-electron chi connectivity index (χ2n) is 3.56. The summed E-state index contributed by atoms with van der Waals surface area (Å²) in [6, 6.07) is 3.72. The molecule has 78 valence electrons. The maximum Gasteiger partial charge on any atom is 0.0932 e. The fourth-order valence-electron chi connectivity index (χ4n) is 1.73. The molecular formula is C10H13ClO2S. The molecule has 0 aromatic carbocycles. The van der Waals surface area contributed by atoms with Crippen molar-refractivity contribution >= 4 is 22.9 Å². The van der Waals surface area contributed by atoms with Crippen LogP contribution in [0.25, 0.3) is 0 Å². The molecule has 0 radical (unpaired) electrons. The van der Waals surface area contributed by atoms with Crippen LogP contribution >= 0.6 is 22.9 Å². The van der Waals surface area contributed by atoms with Crippen LogP contribution in [0, 0.1) is 5.92 Å². The molecule has 2 unspecified atom stereocenters. The van der Waals surface area contributed by atoms with Crippen molar-refractivity contribution in [1.29, 1.82) is 0 Å². The number of halogens is 1. The van der Waals surface area contributed by atoms with Gasteiger partial charge in [0.15, 0.2) is 0 Å². The van der Waals surface area contributed by atoms with E-state index in [-0.39, 0.29) is 5.92 Å². The standard InChI is InChI=1S/C10H13ClO2S/c11-9-4-3-8(14-9)10(12)7-2-1-5-13-6-7/h3-4,7,10,12H,1-2,5-6H2. The van der Waals surface area contributed by atoms with E-state index in [2.05, 4.69) is 0 Å². The lowest BCUT2D eigenvalue weighted by Crippen LogP contribution is -2.23. The number of aliphatic hydroxyl groups is 1. The summed E-state index contributed by atoms with van der Waals surface area (Å²) in [4.78, 5) is 0.950. The van der Waals surface area contributed by atoms with Crippen LogP contribution in [-0.4, -0.2) is 18.3 Å². The normalized spacial score (nSPS) is 24.9. The molecule has 0 spiro atoms. The van der Waals surface area contributed by atoms with E-state index >= 15 is 0 Å². The third-order valence-corrected chi connectivity index (χ3v) is 3.83. The minimum absolute atomic E-state index is 0.235. The lowest BCUT2D eigenvalue weighted by Gasteiger charge is -2.25. The Labute approximate surface area is 92.5 Å². The molecular weight excluding hydrogens is 220 g/mol. The first kappa shape index (κ1) is 10.4. The molecule has 1 aromatic rings. The van der Waals surface area contributed by atoms with Gasteiger partial charge in [-0.05, 0) is 25.0 Å². The highest BCUT2D eigenvalue weighted by Crippen LogP contribution is 2.34. The topological polar surface area (TPSA) is 29.5 Å². The van der Waals surface area contributed by atoms with E-state index in [4.69, 9.17) is 16.3 Å². The first-order valence-corrected chi connectivity index (χ1v) is 5.98. The van der Waals surface area contributed by atoms with Crippen molar-refractivity contribution in [2.24, 2.45) is 5.92 Å². The van der Waals surface area contributed by atoms with E-state index in [0.29, 0.717) is 6.61 Å². The Kier molecular flexibility index (Phi) is 3.44. The summed E-state index contributed by atoms with van der Waals surface area (Å²) in [5, 5.41) is 10.0. The van der Waals surface area contributed by atoms with Gasteiger partial charge in [0.2, 0.25) is 0 Å². The van der Waals surface area contributed by atoms with Crippen molar-refractivity contribution in [2.45, 2.75) is 18.9 Å². The van der Waals surface area contributed by atoms with Crippen molar-refractivity contribution in [2.75, 3.05) is 13.2 Å². The molecule has 1 aliphatic heterocycles. The SMILES string of the molecule is OC(c1ccc(Cl)s1)C1CCCOC1. The van der Waals surface area contributed by atoms with Crippen molar-refractivity contribution in [3.63, 3.8) is 0 Å². The van der Waals surface area contributed by atoms with Crippen molar-refractivity contribution < 1.29 is 9.84 Å². The maximum atomic E-state index is 10.0. The molecule has 1 saturated heterocycles. The van der Waals surface area contributed by atoms with Gasteiger partial charge in [0, 0.05) is 17.4 Å². The molecule has 2 atom stereocenters. The molecule has 2 heterocycles. The van der Waals surface area contributed by atoms with Crippen LogP contribution in [0.5, 0.6) is 0 Å². The van der Waals surface area contributed by atoms with Crippen LogP contribution in [0.2, 0.25) is 4.34 Å². The average molecular weight is 233 g/mol. The molecule has 2 rings (SSSR count). The number of hydrogen-bond donors (Lipinski definition) is 1. The molecule has 0 amide bonds. The van der Waals surface area contributed by atoms with Crippen LogP contribution in [0.1, 0.15) is 23.8 Å². The van der Waals surface area contributed by atoms with Crippen LogP contribution in [-0.2, 0) is 4.74 Å². The second kappa shape index (κ2) is 4.62. The molecule has 1 aromatic heterocycles. The van der Waals surface area contributed by atoms with Crippen LogP contribution in [0.3, 0.4) is 0 Å². The smallest absolute Gasteiger partial charge is 0.0932 e. The fourth-order valence-corrected chi connectivity index (χ4v) is 2.87. The highest BCUT2D eigenvalue weighted by molar-refractivity contribution is 7.16. The molecule has 0 bridgehead atoms. The number of aliphatic hydroxyl groups excluding tert-OH is 1. The molecule has 1 N–H and O–H groups in total. The van der Waals surface area contributed by atoms with E-state index in [9.17, 15) is 5.11 Å². The van der Waals surface area contributed by atoms with E-state index in [0.717, 1.165) is 28.7 Å². The Morgan fingerprint density at radius 2 is 2.43 bits per heavy atom. The lowest BCUT2D eigenvalue weighted by atomic mass is 9.95. The zero-order valence-corrected chi connectivity index (χ0v) is 9.35. The number of ether oxygens (including phenoxy) is 1. The summed E-state index contributed by atoms with van der Waals surface area (Å²) in [6.45, 7) is 1.49. The first-order valence-electron chi connectivity index (χ1n) is 4.78. The third kappa shape index (κ3) is 2.28. The van der Waals surface area contributed by atoms with Gasteiger partial charge in [-0.15, -0.1) is 11.3 Å². The van der Waals surface area contributed by atoms with Gasteiger partial charge >= 0.3 is 0 Å². The monoisotopic (exact) mass is 232 g/mol. The Balaban J connectivity index is 2.03. The van der Waals surface area contributed by atoms with Gasteiger partial charge in [-0.25, -0.2) is 0 Å². The zero-order chi connectivity index (χ0) is 9.97. The van der Waals surface area contributed by atoms with Gasteiger partial charge in [-0.2, -0.15) is 0 Å². The predicted octanol–water partition coefficient (Wildman–Crippen LogP) is 2.86. The molecule has 1 aliphatic rings. The molecule has 1 fully saturated rings. The van der Waals surface area contributed by atoms with Gasteiger partial charge in [-0.3, -0.25) is 0 Å². The van der Waals surface area contributed by atoms with Crippen molar-refractivity contribution in [3.05, 3.63) is 21.3 Å². The zero-order valence-electron chi connectivity index (χ0n) is 7.78. The van der Waals surface area contributed by atoms with E-state index in [1.165, 1.54) is 11.3 Å². The average Bonchev–Trinajstić information content (AvgIpc) is 2.65. The predicted molar refractivity (Wildman–Crippen MR) is 57.8 cm³/mol. The summed E-state index contributed by atoms with van der Waals surface area (Å²) < 4.78 is 6.08. The minimum atomic E-state index is -0.409. The molecule has 14 heavy (non-hydrogen) atoms. The van der Waals surface area contributed by atoms with E-state index < -0.39 is 6.10 Å². The summed E-state index contributed by atoms with van der Waals surface area (Å²) in [5.41, 5.74) is 0. The van der Waals surface area contributed by atoms with Gasteiger partial charge < -0.3 is 9.84 Å². The second-order valence-corrected chi connectivity index (χ2v) is 5.31. The first-order chi connectivity index (χ1) is 6.77. The van der Waals surface area contributed by atoms with Gasteiger partial charge in [0.25, 0.3) is 0 Å². The number of rotatable bonds is 2. The lowest BCUT2D eigenvalue weighted by molar-refractivity contribution is -0.00862. The van der Waals surface area contributed by atoms with Crippen LogP contribution in [0.4, 0.5) is 0 Å². The van der Waals surface area contributed by atoms with Crippen LogP contribution in [0.15, 0.2) is 12.1 Å². The van der Waals surface area contributed by atoms with E-state index in [1.807, 2.05) is 12.1 Å². The Morgan fingerprint density at radius 3 is 3.00 bits per heavy atom. The number of hydrogen-bond acceptors (Lipinski definition) is 3. The fraction of sp³-hybridized carbons (Fsp3) is 0.600. The number of thiophene rings is 1. The summed E-state index contributed by atoms with van der Waals surface area (Å²) in [6.07, 6.45) is 1.67. The molecule has 4 heteroatoms. The quantitative estimate of drug-likeness (QED) is 0.850. The minimum Gasteiger partial charge on any atom is -0.387 e. The van der Waals surface area contributed by atoms with Gasteiger partial charge in [0.05, 0.1) is 17.0 Å². The molecule has 0 saturated carbocycles. The Morgan fingerprint density at radius 1 is 1.57 bits per heavy atom. The van der Waals surface area contributed by atoms with Crippen molar-refractivity contribution in [1.82, 2.24) is 0 Å².